The summed E-state index contributed by atoms with van der Waals surface area (Å²) in [6, 6.07) is 5.36. The second-order valence-corrected chi connectivity index (χ2v) is 8.29. The second-order valence-electron chi connectivity index (χ2n) is 7.31. The van der Waals surface area contributed by atoms with Crippen LogP contribution in [0, 0.1) is 6.92 Å². The van der Waals surface area contributed by atoms with Gasteiger partial charge in [0.15, 0.2) is 0 Å². The highest BCUT2D eigenvalue weighted by atomic mass is 32.2. The zero-order chi connectivity index (χ0) is 20.9. The summed E-state index contributed by atoms with van der Waals surface area (Å²) in [6.45, 7) is 7.03. The summed E-state index contributed by atoms with van der Waals surface area (Å²) in [6.07, 6.45) is 1.61. The predicted octanol–water partition coefficient (Wildman–Crippen LogP) is 3.65. The normalized spacial score (nSPS) is 12.5. The smallest absolute Gasteiger partial charge is 0.408 e. The molecular weight excluding hydrogens is 382 g/mol. The molecule has 2 rings (SSSR count). The van der Waals surface area contributed by atoms with Gasteiger partial charge in [0.2, 0.25) is 0 Å². The number of benzene rings is 1. The molecule has 0 fully saturated rings. The quantitative estimate of drug-likeness (QED) is 0.444. The Morgan fingerprint density at radius 3 is 2.61 bits per heavy atom. The number of alkyl carbamates (subject to hydrolysis) is 1. The van der Waals surface area contributed by atoms with Crippen molar-refractivity contribution in [1.29, 1.82) is 0 Å². The van der Waals surface area contributed by atoms with Crippen molar-refractivity contribution < 1.29 is 23.5 Å². The molecule has 152 valence electrons. The fourth-order valence-corrected chi connectivity index (χ4v) is 2.96. The van der Waals surface area contributed by atoms with E-state index in [9.17, 15) is 14.4 Å². The molecule has 1 amide bonds. The molecule has 1 atom stereocenters. The lowest BCUT2D eigenvalue weighted by molar-refractivity contribution is -0.136. The number of ether oxygens (including phenoxy) is 2. The maximum atomic E-state index is 12.6. The van der Waals surface area contributed by atoms with E-state index in [0.717, 1.165) is 10.9 Å². The van der Waals surface area contributed by atoms with Gasteiger partial charge in [-0.2, -0.15) is 11.8 Å². The first-order chi connectivity index (χ1) is 13.1. The zero-order valence-electron chi connectivity index (χ0n) is 16.7. The first-order valence-corrected chi connectivity index (χ1v) is 10.2. The van der Waals surface area contributed by atoms with Crippen LogP contribution in [-0.2, 0) is 9.53 Å². The van der Waals surface area contributed by atoms with Gasteiger partial charge in [0, 0.05) is 17.5 Å². The monoisotopic (exact) mass is 407 g/mol. The molecule has 2 aromatic rings. The molecule has 7 nitrogen and oxygen atoms in total. The molecule has 0 saturated carbocycles. The van der Waals surface area contributed by atoms with Crippen LogP contribution in [0.2, 0.25) is 0 Å². The highest BCUT2D eigenvalue weighted by molar-refractivity contribution is 7.98. The molecule has 28 heavy (non-hydrogen) atoms. The standard InChI is InChI=1S/C20H25NO6S/c1-12-10-17(22)26-16-11-13(6-7-14(12)16)25-18(23)15(8-9-28-5)21-19(24)27-20(2,3)4/h6-7,10-11,15H,8-9H2,1-5H3,(H,21,24). The lowest BCUT2D eigenvalue weighted by atomic mass is 10.1. The van der Waals surface area contributed by atoms with Gasteiger partial charge < -0.3 is 19.2 Å². The largest absolute Gasteiger partial charge is 0.444 e. The van der Waals surface area contributed by atoms with Crippen molar-refractivity contribution in [3.05, 3.63) is 40.2 Å². The molecule has 0 radical (unpaired) electrons. The van der Waals surface area contributed by atoms with Crippen LogP contribution >= 0.6 is 11.8 Å². The molecule has 0 spiro atoms. The van der Waals surface area contributed by atoms with Crippen LogP contribution in [0.15, 0.2) is 33.5 Å². The molecule has 1 unspecified atom stereocenters. The van der Waals surface area contributed by atoms with E-state index in [1.54, 1.807) is 51.6 Å². The lowest BCUT2D eigenvalue weighted by Crippen LogP contribution is -2.45. The molecule has 0 bridgehead atoms. The van der Waals surface area contributed by atoms with Crippen LogP contribution < -0.4 is 15.7 Å². The van der Waals surface area contributed by atoms with Crippen molar-refractivity contribution in [2.45, 2.75) is 45.8 Å². The highest BCUT2D eigenvalue weighted by Gasteiger charge is 2.26. The van der Waals surface area contributed by atoms with E-state index in [4.69, 9.17) is 13.9 Å². The zero-order valence-corrected chi connectivity index (χ0v) is 17.5. The van der Waals surface area contributed by atoms with Gasteiger partial charge in [-0.15, -0.1) is 0 Å². The van der Waals surface area contributed by atoms with Crippen LogP contribution in [0.5, 0.6) is 5.75 Å². The number of fused-ring (bicyclic) bond motifs is 1. The first kappa shape index (κ1) is 21.8. The number of nitrogens with one attached hydrogen (secondary N) is 1. The third kappa shape index (κ3) is 6.30. The fraction of sp³-hybridized carbons (Fsp3) is 0.450. The van der Waals surface area contributed by atoms with Crippen LogP contribution in [0.3, 0.4) is 0 Å². The molecule has 0 saturated heterocycles. The van der Waals surface area contributed by atoms with Gasteiger partial charge in [-0.05, 0) is 63.8 Å². The van der Waals surface area contributed by atoms with E-state index < -0.39 is 29.3 Å². The minimum absolute atomic E-state index is 0.228. The topological polar surface area (TPSA) is 94.8 Å². The van der Waals surface area contributed by atoms with E-state index in [0.29, 0.717) is 17.8 Å². The summed E-state index contributed by atoms with van der Waals surface area (Å²) in [5.41, 5.74) is -0.0475. The number of amides is 1. The van der Waals surface area contributed by atoms with Crippen molar-refractivity contribution in [2.24, 2.45) is 0 Å². The van der Waals surface area contributed by atoms with Crippen molar-refractivity contribution in [2.75, 3.05) is 12.0 Å². The number of aryl methyl sites for hydroxylation is 1. The lowest BCUT2D eigenvalue weighted by Gasteiger charge is -2.22. The Bertz CT molecular complexity index is 915. The Morgan fingerprint density at radius 2 is 1.96 bits per heavy atom. The van der Waals surface area contributed by atoms with E-state index in [1.165, 1.54) is 12.1 Å². The average molecular weight is 407 g/mol. The van der Waals surface area contributed by atoms with E-state index in [-0.39, 0.29) is 5.75 Å². The maximum Gasteiger partial charge on any atom is 0.408 e. The van der Waals surface area contributed by atoms with Gasteiger partial charge in [0.05, 0.1) is 0 Å². The summed E-state index contributed by atoms with van der Waals surface area (Å²) in [4.78, 5) is 36.2. The van der Waals surface area contributed by atoms with Crippen LogP contribution in [-0.4, -0.2) is 35.7 Å². The van der Waals surface area contributed by atoms with Crippen molar-refractivity contribution in [3.63, 3.8) is 0 Å². The number of hydrogen-bond acceptors (Lipinski definition) is 7. The summed E-state index contributed by atoms with van der Waals surface area (Å²) in [5, 5.41) is 3.32. The Kier molecular flexibility index (Phi) is 7.12. The molecule has 0 aliphatic rings. The Balaban J connectivity index is 2.16. The molecule has 8 heteroatoms. The van der Waals surface area contributed by atoms with Crippen molar-refractivity contribution in [3.8, 4) is 5.75 Å². The number of carbonyl (C=O) groups excluding carboxylic acids is 2. The third-order valence-electron chi connectivity index (χ3n) is 3.73. The molecule has 1 N–H and O–H groups in total. The van der Waals surface area contributed by atoms with Crippen LogP contribution in [0.25, 0.3) is 11.0 Å². The fourth-order valence-electron chi connectivity index (χ4n) is 2.49. The number of hydrogen-bond donors (Lipinski definition) is 1. The van der Waals surface area contributed by atoms with Crippen LogP contribution in [0.4, 0.5) is 4.79 Å². The molecule has 1 heterocycles. The first-order valence-electron chi connectivity index (χ1n) is 8.84. The minimum Gasteiger partial charge on any atom is -0.444 e. The van der Waals surface area contributed by atoms with Gasteiger partial charge in [0.25, 0.3) is 0 Å². The predicted molar refractivity (Wildman–Crippen MR) is 109 cm³/mol. The number of thioether (sulfide) groups is 1. The molecule has 0 aliphatic heterocycles. The maximum absolute atomic E-state index is 12.6. The molecular formula is C20H25NO6S. The van der Waals surface area contributed by atoms with E-state index in [2.05, 4.69) is 5.32 Å². The molecule has 1 aromatic carbocycles. The summed E-state index contributed by atoms with van der Waals surface area (Å²) >= 11 is 1.55. The third-order valence-corrected chi connectivity index (χ3v) is 4.37. The van der Waals surface area contributed by atoms with Gasteiger partial charge in [0.1, 0.15) is 23.0 Å². The number of carbonyl (C=O) groups is 2. The summed E-state index contributed by atoms with van der Waals surface area (Å²) in [5.74, 6) is 0.266. The van der Waals surface area contributed by atoms with Gasteiger partial charge in [-0.25, -0.2) is 14.4 Å². The van der Waals surface area contributed by atoms with Crippen molar-refractivity contribution in [1.82, 2.24) is 5.32 Å². The second kappa shape index (κ2) is 9.14. The van der Waals surface area contributed by atoms with Crippen molar-refractivity contribution >= 4 is 34.8 Å². The SMILES string of the molecule is CSCCC(NC(=O)OC(C)(C)C)C(=O)Oc1ccc2c(C)cc(=O)oc2c1. The Labute approximate surface area is 167 Å². The van der Waals surface area contributed by atoms with E-state index in [1.807, 2.05) is 6.26 Å². The van der Waals surface area contributed by atoms with Gasteiger partial charge >= 0.3 is 17.7 Å². The van der Waals surface area contributed by atoms with E-state index >= 15 is 0 Å². The summed E-state index contributed by atoms with van der Waals surface area (Å²) in [7, 11) is 0. The highest BCUT2D eigenvalue weighted by Crippen LogP contribution is 2.22. The summed E-state index contributed by atoms with van der Waals surface area (Å²) < 4.78 is 15.8. The minimum atomic E-state index is -0.859. The molecule has 1 aromatic heterocycles. The molecule has 0 aliphatic carbocycles. The van der Waals surface area contributed by atoms with Gasteiger partial charge in [-0.1, -0.05) is 0 Å². The number of rotatable bonds is 6. The van der Waals surface area contributed by atoms with Gasteiger partial charge in [-0.3, -0.25) is 0 Å². The van der Waals surface area contributed by atoms with Crippen LogP contribution in [0.1, 0.15) is 32.8 Å². The Morgan fingerprint density at radius 1 is 1.25 bits per heavy atom. The number of esters is 1. The average Bonchev–Trinajstić information content (AvgIpc) is 2.56. The Hall–Kier alpha value is -2.48.